The molecule has 1 N–H and O–H groups in total. The van der Waals surface area contributed by atoms with Crippen molar-refractivity contribution in [3.05, 3.63) is 35.6 Å². The minimum Gasteiger partial charge on any atom is -0.317 e. The molecule has 1 aromatic carbocycles. The van der Waals surface area contributed by atoms with E-state index in [1.165, 1.54) is 50.6 Å². The van der Waals surface area contributed by atoms with Gasteiger partial charge < -0.3 is 5.32 Å². The maximum atomic E-state index is 13.8. The first-order chi connectivity index (χ1) is 11.3. The fourth-order valence-electron chi connectivity index (χ4n) is 5.34. The number of fused-ring (bicyclic) bond motifs is 2. The van der Waals surface area contributed by atoms with Gasteiger partial charge in [-0.15, -0.1) is 0 Å². The van der Waals surface area contributed by atoms with Gasteiger partial charge in [0, 0.05) is 12.1 Å². The molecule has 2 bridgehead atoms. The van der Waals surface area contributed by atoms with Crippen LogP contribution in [0.5, 0.6) is 0 Å². The molecule has 0 spiro atoms. The highest BCUT2D eigenvalue weighted by Gasteiger charge is 2.39. The number of halogens is 1. The van der Waals surface area contributed by atoms with Crippen LogP contribution in [-0.2, 0) is 5.41 Å². The summed E-state index contributed by atoms with van der Waals surface area (Å²) in [6, 6.07) is 9.07. The second-order valence-corrected chi connectivity index (χ2v) is 7.84. The average molecular weight is 316 g/mol. The zero-order valence-electron chi connectivity index (χ0n) is 14.1. The Balaban J connectivity index is 1.52. The third-order valence-corrected chi connectivity index (χ3v) is 6.69. The van der Waals surface area contributed by atoms with Gasteiger partial charge in [0.15, 0.2) is 0 Å². The highest BCUT2D eigenvalue weighted by atomic mass is 19.1. The normalized spacial score (nSPS) is 30.5. The van der Waals surface area contributed by atoms with Crippen molar-refractivity contribution in [3.63, 3.8) is 0 Å². The lowest BCUT2D eigenvalue weighted by Gasteiger charge is -2.42. The molecule has 3 aliphatic rings. The van der Waals surface area contributed by atoms with Crippen molar-refractivity contribution in [1.82, 2.24) is 10.2 Å². The SMILES string of the molecule is Fc1cccc(C2(CCN3[C@@H]4CCC[C@H]3CC4)CCNCC2)c1. The summed E-state index contributed by atoms with van der Waals surface area (Å²) in [5.41, 5.74) is 1.40. The predicted molar refractivity (Wildman–Crippen MR) is 92.2 cm³/mol. The van der Waals surface area contributed by atoms with Crippen LogP contribution in [0.3, 0.4) is 0 Å². The summed E-state index contributed by atoms with van der Waals surface area (Å²) < 4.78 is 13.8. The summed E-state index contributed by atoms with van der Waals surface area (Å²) in [5.74, 6) is -0.0848. The number of hydrogen-bond acceptors (Lipinski definition) is 2. The van der Waals surface area contributed by atoms with Crippen molar-refractivity contribution < 1.29 is 4.39 Å². The Morgan fingerprint density at radius 1 is 1.09 bits per heavy atom. The first kappa shape index (κ1) is 15.6. The minimum atomic E-state index is -0.0848. The summed E-state index contributed by atoms with van der Waals surface area (Å²) in [6.45, 7) is 3.32. The van der Waals surface area contributed by atoms with E-state index in [2.05, 4.69) is 16.3 Å². The van der Waals surface area contributed by atoms with Gasteiger partial charge in [0.2, 0.25) is 0 Å². The van der Waals surface area contributed by atoms with Crippen LogP contribution >= 0.6 is 0 Å². The highest BCUT2D eigenvalue weighted by Crippen LogP contribution is 2.40. The Labute approximate surface area is 139 Å². The summed E-state index contributed by atoms with van der Waals surface area (Å²) in [5, 5.41) is 3.48. The number of hydrogen-bond donors (Lipinski definition) is 1. The molecule has 3 saturated heterocycles. The van der Waals surface area contributed by atoms with Crippen molar-refractivity contribution in [2.75, 3.05) is 19.6 Å². The lowest BCUT2D eigenvalue weighted by Crippen LogP contribution is -2.45. The second-order valence-electron chi connectivity index (χ2n) is 7.84. The second kappa shape index (κ2) is 6.52. The van der Waals surface area contributed by atoms with E-state index in [1.807, 2.05) is 6.07 Å². The first-order valence-corrected chi connectivity index (χ1v) is 9.49. The van der Waals surface area contributed by atoms with Crippen LogP contribution in [0, 0.1) is 5.82 Å². The van der Waals surface area contributed by atoms with E-state index in [9.17, 15) is 4.39 Å². The predicted octanol–water partition coefficient (Wildman–Crippen LogP) is 3.85. The molecule has 4 rings (SSSR count). The van der Waals surface area contributed by atoms with Crippen LogP contribution < -0.4 is 5.32 Å². The number of nitrogens with zero attached hydrogens (tertiary/aromatic N) is 1. The molecule has 0 saturated carbocycles. The van der Waals surface area contributed by atoms with Gasteiger partial charge in [0.05, 0.1) is 0 Å². The number of piperidine rings is 2. The first-order valence-electron chi connectivity index (χ1n) is 9.49. The summed E-state index contributed by atoms with van der Waals surface area (Å²) in [6.07, 6.45) is 10.5. The molecule has 3 aliphatic heterocycles. The van der Waals surface area contributed by atoms with E-state index in [0.717, 1.165) is 38.0 Å². The van der Waals surface area contributed by atoms with Crippen LogP contribution in [-0.4, -0.2) is 36.6 Å². The molecule has 1 aromatic rings. The molecule has 0 unspecified atom stereocenters. The summed E-state index contributed by atoms with van der Waals surface area (Å²) in [4.78, 5) is 2.80. The number of rotatable bonds is 4. The third kappa shape index (κ3) is 3.06. The molecular formula is C20H29FN2. The lowest BCUT2D eigenvalue weighted by atomic mass is 9.70. The highest BCUT2D eigenvalue weighted by molar-refractivity contribution is 5.27. The van der Waals surface area contributed by atoms with Gasteiger partial charge in [-0.1, -0.05) is 18.6 Å². The lowest BCUT2D eigenvalue weighted by molar-refractivity contribution is 0.120. The Hall–Kier alpha value is -0.930. The van der Waals surface area contributed by atoms with Crippen LogP contribution in [0.1, 0.15) is 56.9 Å². The van der Waals surface area contributed by atoms with Crippen LogP contribution in [0.25, 0.3) is 0 Å². The number of benzene rings is 1. The molecule has 3 fully saturated rings. The molecule has 2 atom stereocenters. The van der Waals surface area contributed by atoms with E-state index >= 15 is 0 Å². The van der Waals surface area contributed by atoms with Crippen LogP contribution in [0.2, 0.25) is 0 Å². The zero-order chi connectivity index (χ0) is 15.7. The molecule has 126 valence electrons. The van der Waals surface area contributed by atoms with Gasteiger partial charge in [-0.25, -0.2) is 4.39 Å². The zero-order valence-corrected chi connectivity index (χ0v) is 14.1. The van der Waals surface area contributed by atoms with Gasteiger partial charge in [0.25, 0.3) is 0 Å². The third-order valence-electron chi connectivity index (χ3n) is 6.69. The quantitative estimate of drug-likeness (QED) is 0.907. The molecule has 0 aromatic heterocycles. The smallest absolute Gasteiger partial charge is 0.123 e. The summed E-state index contributed by atoms with van der Waals surface area (Å²) in [7, 11) is 0. The van der Waals surface area contributed by atoms with Crippen molar-refractivity contribution >= 4 is 0 Å². The topological polar surface area (TPSA) is 15.3 Å². The van der Waals surface area contributed by atoms with Crippen molar-refractivity contribution in [2.45, 2.75) is 68.9 Å². The molecule has 2 nitrogen and oxygen atoms in total. The minimum absolute atomic E-state index is 0.0848. The average Bonchev–Trinajstić information content (AvgIpc) is 2.80. The molecule has 0 radical (unpaired) electrons. The van der Waals surface area contributed by atoms with E-state index < -0.39 is 0 Å². The van der Waals surface area contributed by atoms with E-state index in [4.69, 9.17) is 0 Å². The molecule has 3 heterocycles. The maximum Gasteiger partial charge on any atom is 0.123 e. The van der Waals surface area contributed by atoms with Crippen molar-refractivity contribution in [2.24, 2.45) is 0 Å². The monoisotopic (exact) mass is 316 g/mol. The van der Waals surface area contributed by atoms with E-state index in [0.29, 0.717) is 0 Å². The van der Waals surface area contributed by atoms with Gasteiger partial charge in [0.1, 0.15) is 5.82 Å². The molecular weight excluding hydrogens is 287 g/mol. The van der Waals surface area contributed by atoms with Crippen molar-refractivity contribution in [3.8, 4) is 0 Å². The van der Waals surface area contributed by atoms with Crippen molar-refractivity contribution in [1.29, 1.82) is 0 Å². The van der Waals surface area contributed by atoms with E-state index in [-0.39, 0.29) is 11.2 Å². The Morgan fingerprint density at radius 3 is 2.52 bits per heavy atom. The van der Waals surface area contributed by atoms with Crippen LogP contribution in [0.4, 0.5) is 4.39 Å². The fourth-order valence-corrected chi connectivity index (χ4v) is 5.34. The van der Waals surface area contributed by atoms with Gasteiger partial charge >= 0.3 is 0 Å². The molecule has 23 heavy (non-hydrogen) atoms. The van der Waals surface area contributed by atoms with Crippen LogP contribution in [0.15, 0.2) is 24.3 Å². The Morgan fingerprint density at radius 2 is 1.83 bits per heavy atom. The molecule has 0 aliphatic carbocycles. The summed E-state index contributed by atoms with van der Waals surface area (Å²) >= 11 is 0. The maximum absolute atomic E-state index is 13.8. The fraction of sp³-hybridized carbons (Fsp3) is 0.700. The Kier molecular flexibility index (Phi) is 4.42. The standard InChI is InChI=1S/C20H29FN2/c21-17-4-1-3-16(15-17)20(9-12-22-13-10-20)11-14-23-18-5-2-6-19(23)8-7-18/h1,3-4,15,18-19,22H,2,5-14H2/t18-,19+. The molecule has 3 heteroatoms. The molecule has 0 amide bonds. The Bertz CT molecular complexity index is 522. The van der Waals surface area contributed by atoms with Gasteiger partial charge in [-0.2, -0.15) is 0 Å². The van der Waals surface area contributed by atoms with E-state index in [1.54, 1.807) is 12.1 Å². The number of nitrogens with one attached hydrogen (secondary N) is 1. The largest absolute Gasteiger partial charge is 0.317 e. The van der Waals surface area contributed by atoms with Gasteiger partial charge in [-0.05, 0) is 87.7 Å². The van der Waals surface area contributed by atoms with Gasteiger partial charge in [-0.3, -0.25) is 4.90 Å².